The molecular weight excluding hydrogens is 506 g/mol. The van der Waals surface area contributed by atoms with Crippen molar-refractivity contribution in [3.8, 4) is 0 Å². The maximum atomic E-state index is 11.7. The molecule has 36 heavy (non-hydrogen) atoms. The smallest absolute Gasteiger partial charge is 0.472 e. The van der Waals surface area contributed by atoms with Crippen LogP contribution in [0.25, 0.3) is 0 Å². The summed E-state index contributed by atoms with van der Waals surface area (Å²) in [6, 6.07) is 0. The van der Waals surface area contributed by atoms with Crippen LogP contribution in [0.4, 0.5) is 0 Å². The standard InChI is InChI=1S/C19H42NO4P.C5H14NO4P/c1-5-6-7-8-9-10-11-12-13-14-15-16-18-23-25(21,22)24-19-17-20(2,3)4;1-6(2,3)4-5-10-11(7,8)9/h5-19H2,1-4H3;4-5H2,1-3H3,(H-,7,8,9). The van der Waals surface area contributed by atoms with Gasteiger partial charge < -0.3 is 32.7 Å². The van der Waals surface area contributed by atoms with Gasteiger partial charge in [-0.15, -0.1) is 0 Å². The Hall–Kier alpha value is 0.140. The van der Waals surface area contributed by atoms with E-state index in [1.54, 1.807) is 0 Å². The molecule has 0 fully saturated rings. The van der Waals surface area contributed by atoms with E-state index in [1.165, 1.54) is 64.2 Å². The lowest BCUT2D eigenvalue weighted by atomic mass is 10.1. The molecule has 10 nitrogen and oxygen atoms in total. The molecule has 220 valence electrons. The molecule has 0 radical (unpaired) electrons. The molecule has 0 rings (SSSR count). The van der Waals surface area contributed by atoms with Crippen molar-refractivity contribution in [2.24, 2.45) is 0 Å². The number of hydrogen-bond donors (Lipinski definition) is 1. The van der Waals surface area contributed by atoms with Crippen molar-refractivity contribution in [3.63, 3.8) is 0 Å². The molecule has 0 aliphatic carbocycles. The maximum absolute atomic E-state index is 11.7. The maximum Gasteiger partial charge on any atom is 0.472 e. The monoisotopic (exact) mass is 562 g/mol. The van der Waals surface area contributed by atoms with Gasteiger partial charge >= 0.3 is 7.82 Å². The van der Waals surface area contributed by atoms with Crippen LogP contribution in [0.2, 0.25) is 0 Å². The van der Waals surface area contributed by atoms with E-state index in [0.717, 1.165) is 12.8 Å². The van der Waals surface area contributed by atoms with Gasteiger partial charge in [0.05, 0.1) is 56.7 Å². The highest BCUT2D eigenvalue weighted by Crippen LogP contribution is 2.43. The molecule has 0 amide bonds. The molecule has 0 heterocycles. The molecule has 1 N–H and O–H groups in total. The number of likely N-dealkylation sites (N-methyl/N-ethyl adjacent to an activating group) is 2. The van der Waals surface area contributed by atoms with Crippen molar-refractivity contribution in [2.75, 3.05) is 75.2 Å². The second-order valence-electron chi connectivity index (χ2n) is 11.3. The molecule has 0 aromatic heterocycles. The molecular formula is C24H56N2O8P2. The van der Waals surface area contributed by atoms with E-state index in [0.29, 0.717) is 28.7 Å². The summed E-state index contributed by atoms with van der Waals surface area (Å²) < 4.78 is 37.0. The number of hydrogen-bond acceptors (Lipinski definition) is 7. The summed E-state index contributed by atoms with van der Waals surface area (Å²) in [6.45, 7) is 3.91. The normalized spacial score (nSPS) is 14.3. The Morgan fingerprint density at radius 1 is 0.583 bits per heavy atom. The average molecular weight is 563 g/mol. The zero-order valence-corrected chi connectivity index (χ0v) is 25.9. The topological polar surface area (TPSA) is 128 Å². The summed E-state index contributed by atoms with van der Waals surface area (Å²) in [7, 11) is 3.04. The summed E-state index contributed by atoms with van der Waals surface area (Å²) in [5.74, 6) is 0. The quantitative estimate of drug-likeness (QED) is 0.119. The van der Waals surface area contributed by atoms with E-state index >= 15 is 0 Å². The molecule has 0 saturated heterocycles. The first-order valence-corrected chi connectivity index (χ1v) is 16.3. The van der Waals surface area contributed by atoms with Crippen molar-refractivity contribution in [1.29, 1.82) is 0 Å². The largest absolute Gasteiger partial charge is 0.790 e. The first kappa shape index (κ1) is 38.3. The van der Waals surface area contributed by atoms with E-state index in [4.69, 9.17) is 9.05 Å². The Kier molecular flexibility index (Phi) is 22.4. The predicted octanol–water partition coefficient (Wildman–Crippen LogP) is 4.07. The Morgan fingerprint density at radius 3 is 1.28 bits per heavy atom. The molecule has 1 atom stereocenters. The first-order valence-electron chi connectivity index (χ1n) is 13.4. The van der Waals surface area contributed by atoms with E-state index < -0.39 is 15.6 Å². The Labute approximate surface area is 221 Å². The number of phosphoric ester groups is 2. The van der Waals surface area contributed by atoms with Gasteiger partial charge in [0.1, 0.15) is 26.3 Å². The van der Waals surface area contributed by atoms with Crippen LogP contribution in [0.15, 0.2) is 0 Å². The van der Waals surface area contributed by atoms with E-state index in [9.17, 15) is 23.8 Å². The fourth-order valence-corrected chi connectivity index (χ4v) is 4.07. The second kappa shape index (κ2) is 21.0. The fourth-order valence-electron chi connectivity index (χ4n) is 3.02. The van der Waals surface area contributed by atoms with Crippen LogP contribution in [0.3, 0.4) is 0 Å². The zero-order chi connectivity index (χ0) is 28.1. The lowest BCUT2D eigenvalue weighted by Crippen LogP contribution is -2.38. The van der Waals surface area contributed by atoms with Crippen molar-refractivity contribution in [1.82, 2.24) is 0 Å². The Morgan fingerprint density at radius 2 is 0.917 bits per heavy atom. The van der Waals surface area contributed by atoms with Gasteiger partial charge in [0.15, 0.2) is 0 Å². The lowest BCUT2D eigenvalue weighted by Gasteiger charge is -2.31. The molecule has 0 aliphatic heterocycles. The van der Waals surface area contributed by atoms with Gasteiger partial charge in [0.2, 0.25) is 0 Å². The molecule has 1 unspecified atom stereocenters. The summed E-state index contributed by atoms with van der Waals surface area (Å²) in [4.78, 5) is 29.5. The number of quaternary nitrogens is 2. The first-order chi connectivity index (χ1) is 16.5. The van der Waals surface area contributed by atoms with Crippen LogP contribution in [-0.4, -0.2) is 89.1 Å². The van der Waals surface area contributed by atoms with Crippen molar-refractivity contribution in [2.45, 2.75) is 84.0 Å². The van der Waals surface area contributed by atoms with Gasteiger partial charge in [-0.25, -0.2) is 4.57 Å². The summed E-state index contributed by atoms with van der Waals surface area (Å²) >= 11 is 0. The van der Waals surface area contributed by atoms with Crippen LogP contribution >= 0.6 is 15.6 Å². The third-order valence-corrected chi connectivity index (χ3v) is 6.80. The number of rotatable bonds is 22. The third-order valence-electron chi connectivity index (χ3n) is 5.28. The van der Waals surface area contributed by atoms with Gasteiger partial charge in [-0.2, -0.15) is 0 Å². The van der Waals surface area contributed by atoms with E-state index in [2.05, 4.69) is 11.4 Å². The van der Waals surface area contributed by atoms with Gasteiger partial charge in [-0.05, 0) is 6.42 Å². The number of phosphoric acid groups is 2. The zero-order valence-electron chi connectivity index (χ0n) is 24.1. The highest BCUT2D eigenvalue weighted by atomic mass is 31.2. The lowest BCUT2D eigenvalue weighted by molar-refractivity contribution is -0.870. The molecule has 0 bridgehead atoms. The minimum Gasteiger partial charge on any atom is -0.790 e. The highest BCUT2D eigenvalue weighted by Gasteiger charge is 2.21. The highest BCUT2D eigenvalue weighted by molar-refractivity contribution is 7.47. The molecule has 0 aliphatic rings. The minimum absolute atomic E-state index is 0.0478. The minimum atomic E-state index is -4.76. The fraction of sp³-hybridized carbons (Fsp3) is 1.00. The SMILES string of the molecule is CCCCCCCCCCCCCCOP(=O)(O)OCC[N+](C)(C)C.C[N+](C)(C)CCOP(=O)([O-])[O-]. The van der Waals surface area contributed by atoms with Gasteiger partial charge in [0.25, 0.3) is 0 Å². The van der Waals surface area contributed by atoms with Gasteiger partial charge in [0, 0.05) is 0 Å². The predicted molar refractivity (Wildman–Crippen MR) is 142 cm³/mol. The van der Waals surface area contributed by atoms with Crippen molar-refractivity contribution >= 4 is 15.6 Å². The van der Waals surface area contributed by atoms with Crippen LogP contribution in [0.1, 0.15) is 84.0 Å². The third kappa shape index (κ3) is 36.3. The van der Waals surface area contributed by atoms with Gasteiger partial charge in [-0.1, -0.05) is 77.6 Å². The number of nitrogens with zero attached hydrogens (tertiary/aromatic N) is 2. The Bertz CT molecular complexity index is 604. The molecule has 12 heteroatoms. The van der Waals surface area contributed by atoms with Crippen LogP contribution in [0.5, 0.6) is 0 Å². The average Bonchev–Trinajstić information content (AvgIpc) is 2.68. The second-order valence-corrected chi connectivity index (χ2v) is 13.9. The van der Waals surface area contributed by atoms with Crippen LogP contribution < -0.4 is 9.79 Å². The van der Waals surface area contributed by atoms with Crippen LogP contribution in [-0.2, 0) is 22.7 Å². The Balaban J connectivity index is 0. The van der Waals surface area contributed by atoms with E-state index in [-0.39, 0.29) is 13.2 Å². The summed E-state index contributed by atoms with van der Waals surface area (Å²) in [6.07, 6.45) is 15.2. The molecule has 0 spiro atoms. The van der Waals surface area contributed by atoms with Crippen molar-refractivity contribution < 1.29 is 46.3 Å². The van der Waals surface area contributed by atoms with Gasteiger partial charge in [-0.3, -0.25) is 9.05 Å². The molecule has 0 aromatic carbocycles. The van der Waals surface area contributed by atoms with Crippen molar-refractivity contribution in [3.05, 3.63) is 0 Å². The van der Waals surface area contributed by atoms with E-state index in [1.807, 2.05) is 42.3 Å². The molecule has 0 saturated carbocycles. The summed E-state index contributed by atoms with van der Waals surface area (Å²) in [5.41, 5.74) is 0. The molecule has 0 aromatic rings. The summed E-state index contributed by atoms with van der Waals surface area (Å²) in [5, 5.41) is 0. The number of unbranched alkanes of at least 4 members (excludes halogenated alkanes) is 11. The van der Waals surface area contributed by atoms with Crippen LogP contribution in [0, 0.1) is 0 Å².